The molecule has 0 saturated carbocycles. The molecule has 0 aromatic carbocycles. The Bertz CT molecular complexity index is 456. The van der Waals surface area contributed by atoms with Gasteiger partial charge >= 0.3 is 0 Å². The van der Waals surface area contributed by atoms with Gasteiger partial charge < -0.3 is 10.2 Å². The molecule has 1 aromatic heterocycles. The largest absolute Gasteiger partial charge is 0.352 e. The first-order valence-corrected chi connectivity index (χ1v) is 6.29. The van der Waals surface area contributed by atoms with Gasteiger partial charge in [0.2, 0.25) is 0 Å². The molecule has 1 N–H and O–H groups in total. The van der Waals surface area contributed by atoms with Gasteiger partial charge in [0.15, 0.2) is 11.5 Å². The summed E-state index contributed by atoms with van der Waals surface area (Å²) in [5.74, 6) is 0.728. The van der Waals surface area contributed by atoms with Crippen LogP contribution < -0.4 is 10.2 Å². The predicted molar refractivity (Wildman–Crippen MR) is 67.2 cm³/mol. The fraction of sp³-hybridized carbons (Fsp3) is 0.583. The zero-order chi connectivity index (χ0) is 12.4. The first-order valence-electron chi connectivity index (χ1n) is 6.29. The minimum atomic E-state index is 0.427. The van der Waals surface area contributed by atoms with E-state index in [-0.39, 0.29) is 0 Å². The van der Waals surface area contributed by atoms with E-state index in [1.807, 2.05) is 0 Å². The third-order valence-corrected chi connectivity index (χ3v) is 3.67. The monoisotopic (exact) mass is 244 g/mol. The lowest BCUT2D eigenvalue weighted by Gasteiger charge is -2.43. The van der Waals surface area contributed by atoms with Crippen LogP contribution in [0.3, 0.4) is 0 Å². The lowest BCUT2D eigenvalue weighted by Crippen LogP contribution is -2.61. The lowest BCUT2D eigenvalue weighted by atomic mass is 10.1. The number of aromatic nitrogens is 2. The van der Waals surface area contributed by atoms with Gasteiger partial charge in [-0.1, -0.05) is 0 Å². The SMILES string of the molecule is N#Cc1nccnc1N1CCN(C2CNC2)CC1. The highest BCUT2D eigenvalue weighted by molar-refractivity contribution is 5.49. The molecule has 3 heterocycles. The average Bonchev–Trinajstić information content (AvgIpc) is 2.38. The molecule has 94 valence electrons. The molecule has 6 nitrogen and oxygen atoms in total. The lowest BCUT2D eigenvalue weighted by molar-refractivity contribution is 0.137. The number of piperazine rings is 1. The van der Waals surface area contributed by atoms with Crippen LogP contribution >= 0.6 is 0 Å². The minimum absolute atomic E-state index is 0.427. The van der Waals surface area contributed by atoms with E-state index >= 15 is 0 Å². The Morgan fingerprint density at radius 1 is 1.17 bits per heavy atom. The molecular formula is C12H16N6. The Hall–Kier alpha value is -1.71. The van der Waals surface area contributed by atoms with Crippen LogP contribution in [0.4, 0.5) is 5.82 Å². The van der Waals surface area contributed by atoms with Crippen LogP contribution in [0, 0.1) is 11.3 Å². The number of nitrogens with one attached hydrogen (secondary N) is 1. The van der Waals surface area contributed by atoms with Crippen LogP contribution in [-0.2, 0) is 0 Å². The van der Waals surface area contributed by atoms with Gasteiger partial charge in [-0.2, -0.15) is 5.26 Å². The molecular weight excluding hydrogens is 228 g/mol. The number of nitrogens with zero attached hydrogens (tertiary/aromatic N) is 5. The molecule has 1 aromatic rings. The molecule has 0 unspecified atom stereocenters. The van der Waals surface area contributed by atoms with Gasteiger partial charge in [0.25, 0.3) is 0 Å². The van der Waals surface area contributed by atoms with Crippen molar-refractivity contribution in [3.8, 4) is 6.07 Å². The Balaban J connectivity index is 1.67. The number of nitriles is 1. The summed E-state index contributed by atoms with van der Waals surface area (Å²) in [5.41, 5.74) is 0.427. The van der Waals surface area contributed by atoms with E-state index in [9.17, 15) is 0 Å². The number of hydrogen-bond donors (Lipinski definition) is 1. The van der Waals surface area contributed by atoms with Crippen LogP contribution in [0.1, 0.15) is 5.69 Å². The maximum absolute atomic E-state index is 9.04. The number of rotatable bonds is 2. The van der Waals surface area contributed by atoms with Gasteiger partial charge in [0, 0.05) is 57.7 Å². The summed E-state index contributed by atoms with van der Waals surface area (Å²) >= 11 is 0. The smallest absolute Gasteiger partial charge is 0.183 e. The van der Waals surface area contributed by atoms with Crippen molar-refractivity contribution in [1.82, 2.24) is 20.2 Å². The Kier molecular flexibility index (Phi) is 3.09. The van der Waals surface area contributed by atoms with Gasteiger partial charge in [0.05, 0.1) is 0 Å². The quantitative estimate of drug-likeness (QED) is 0.752. The summed E-state index contributed by atoms with van der Waals surface area (Å²) < 4.78 is 0. The van der Waals surface area contributed by atoms with E-state index in [0.29, 0.717) is 11.7 Å². The molecule has 2 aliphatic heterocycles. The maximum Gasteiger partial charge on any atom is 0.183 e. The van der Waals surface area contributed by atoms with Crippen molar-refractivity contribution < 1.29 is 0 Å². The standard InChI is InChI=1S/C12H16N6/c13-7-11-12(16-2-1-15-11)18-5-3-17(4-6-18)10-8-14-9-10/h1-2,10,14H,3-6,8-9H2. The fourth-order valence-corrected chi connectivity index (χ4v) is 2.47. The summed E-state index contributed by atoms with van der Waals surface area (Å²) in [4.78, 5) is 13.0. The van der Waals surface area contributed by atoms with Crippen molar-refractivity contribution in [2.75, 3.05) is 44.2 Å². The van der Waals surface area contributed by atoms with E-state index in [4.69, 9.17) is 5.26 Å². The van der Waals surface area contributed by atoms with E-state index in [1.165, 1.54) is 0 Å². The second-order valence-corrected chi connectivity index (χ2v) is 4.68. The summed E-state index contributed by atoms with van der Waals surface area (Å²) in [6, 6.07) is 2.81. The highest BCUT2D eigenvalue weighted by atomic mass is 15.3. The van der Waals surface area contributed by atoms with Gasteiger partial charge in [-0.3, -0.25) is 4.90 Å². The number of anilines is 1. The van der Waals surface area contributed by atoms with Crippen LogP contribution in [0.2, 0.25) is 0 Å². The predicted octanol–water partition coefficient (Wildman–Crippen LogP) is -0.558. The Morgan fingerprint density at radius 3 is 2.50 bits per heavy atom. The summed E-state index contributed by atoms with van der Waals surface area (Å²) in [7, 11) is 0. The summed E-state index contributed by atoms with van der Waals surface area (Å²) in [6.07, 6.45) is 3.22. The summed E-state index contributed by atoms with van der Waals surface area (Å²) in [6.45, 7) is 6.12. The van der Waals surface area contributed by atoms with Crippen molar-refractivity contribution in [2.24, 2.45) is 0 Å². The third kappa shape index (κ3) is 2.03. The van der Waals surface area contributed by atoms with Gasteiger partial charge in [-0.25, -0.2) is 9.97 Å². The van der Waals surface area contributed by atoms with Crippen molar-refractivity contribution >= 4 is 5.82 Å². The van der Waals surface area contributed by atoms with Crippen molar-refractivity contribution in [3.05, 3.63) is 18.1 Å². The maximum atomic E-state index is 9.04. The summed E-state index contributed by atoms with van der Waals surface area (Å²) in [5, 5.41) is 12.3. The topological polar surface area (TPSA) is 68.1 Å². The minimum Gasteiger partial charge on any atom is -0.352 e. The molecule has 0 radical (unpaired) electrons. The highest BCUT2D eigenvalue weighted by Crippen LogP contribution is 2.17. The van der Waals surface area contributed by atoms with Crippen molar-refractivity contribution in [3.63, 3.8) is 0 Å². The first kappa shape index (κ1) is 11.4. The molecule has 3 rings (SSSR count). The molecule has 18 heavy (non-hydrogen) atoms. The Labute approximate surface area is 106 Å². The first-order chi connectivity index (χ1) is 8.88. The van der Waals surface area contributed by atoms with Gasteiger partial charge in [0.1, 0.15) is 6.07 Å². The van der Waals surface area contributed by atoms with Crippen molar-refractivity contribution in [2.45, 2.75) is 6.04 Å². The van der Waals surface area contributed by atoms with E-state index < -0.39 is 0 Å². The average molecular weight is 244 g/mol. The Morgan fingerprint density at radius 2 is 1.89 bits per heavy atom. The van der Waals surface area contributed by atoms with E-state index in [1.54, 1.807) is 12.4 Å². The molecule has 0 aliphatic carbocycles. The number of hydrogen-bond acceptors (Lipinski definition) is 6. The third-order valence-electron chi connectivity index (χ3n) is 3.67. The van der Waals surface area contributed by atoms with Crippen LogP contribution in [0.25, 0.3) is 0 Å². The van der Waals surface area contributed by atoms with Crippen LogP contribution in [0.5, 0.6) is 0 Å². The molecule has 6 heteroatoms. The van der Waals surface area contributed by atoms with Crippen LogP contribution in [0.15, 0.2) is 12.4 Å². The second-order valence-electron chi connectivity index (χ2n) is 4.68. The van der Waals surface area contributed by atoms with Gasteiger partial charge in [-0.15, -0.1) is 0 Å². The second kappa shape index (κ2) is 4.88. The molecule has 0 amide bonds. The van der Waals surface area contributed by atoms with Crippen LogP contribution in [-0.4, -0.2) is 60.2 Å². The highest BCUT2D eigenvalue weighted by Gasteiger charge is 2.28. The van der Waals surface area contributed by atoms with E-state index in [2.05, 4.69) is 31.2 Å². The fourth-order valence-electron chi connectivity index (χ4n) is 2.47. The van der Waals surface area contributed by atoms with E-state index in [0.717, 1.165) is 45.1 Å². The molecule has 2 fully saturated rings. The van der Waals surface area contributed by atoms with Gasteiger partial charge in [-0.05, 0) is 0 Å². The van der Waals surface area contributed by atoms with Crippen molar-refractivity contribution in [1.29, 1.82) is 5.26 Å². The zero-order valence-corrected chi connectivity index (χ0v) is 10.2. The molecule has 0 spiro atoms. The zero-order valence-electron chi connectivity index (χ0n) is 10.2. The molecule has 2 aliphatic rings. The molecule has 2 saturated heterocycles. The molecule has 0 bridgehead atoms. The normalized spacial score (nSPS) is 21.4. The molecule has 0 atom stereocenters.